The Bertz CT molecular complexity index is 513. The number of hydrogen-bond acceptors (Lipinski definition) is 5. The first-order valence-corrected chi connectivity index (χ1v) is 7.74. The third-order valence-corrected chi connectivity index (χ3v) is 4.16. The molecular formula is C16H24N2O4. The van der Waals surface area contributed by atoms with E-state index in [1.54, 1.807) is 6.07 Å². The van der Waals surface area contributed by atoms with Gasteiger partial charge in [-0.2, -0.15) is 0 Å². The predicted molar refractivity (Wildman–Crippen MR) is 84.2 cm³/mol. The molecule has 1 saturated heterocycles. The zero-order chi connectivity index (χ0) is 16.1. The molecule has 122 valence electrons. The molecule has 0 saturated carbocycles. The molecule has 6 nitrogen and oxygen atoms in total. The second kappa shape index (κ2) is 7.56. The lowest BCUT2D eigenvalue weighted by Gasteiger charge is -2.31. The number of rotatable bonds is 6. The van der Waals surface area contributed by atoms with Crippen molar-refractivity contribution in [1.82, 2.24) is 4.90 Å². The number of hydrogen-bond donors (Lipinski definition) is 1. The number of piperidine rings is 1. The molecular weight excluding hydrogens is 284 g/mol. The third kappa shape index (κ3) is 4.68. The van der Waals surface area contributed by atoms with Gasteiger partial charge in [-0.25, -0.2) is 0 Å². The number of aryl methyl sites for hydroxylation is 1. The highest BCUT2D eigenvalue weighted by molar-refractivity contribution is 5.43. The number of ether oxygens (including phenoxy) is 1. The minimum absolute atomic E-state index is 0.0000999. The van der Waals surface area contributed by atoms with Crippen molar-refractivity contribution in [1.29, 1.82) is 0 Å². The van der Waals surface area contributed by atoms with Gasteiger partial charge in [0.2, 0.25) is 0 Å². The zero-order valence-corrected chi connectivity index (χ0v) is 13.2. The standard InChI is InChI=1S/C16H24N2O4/c1-12-5-7-17(8-6-12)10-15(19)11-22-16-9-14(18(20)21)4-3-13(16)2/h3-4,9,12,15,19H,5-8,10-11H2,1-2H3. The fourth-order valence-corrected chi connectivity index (χ4v) is 2.64. The Morgan fingerprint density at radius 3 is 2.77 bits per heavy atom. The molecule has 1 aromatic rings. The van der Waals surface area contributed by atoms with E-state index in [4.69, 9.17) is 4.74 Å². The molecule has 0 aromatic heterocycles. The monoisotopic (exact) mass is 308 g/mol. The maximum absolute atomic E-state index is 10.8. The zero-order valence-electron chi connectivity index (χ0n) is 13.2. The van der Waals surface area contributed by atoms with Gasteiger partial charge in [0, 0.05) is 12.6 Å². The molecule has 0 amide bonds. The van der Waals surface area contributed by atoms with E-state index in [9.17, 15) is 15.2 Å². The SMILES string of the molecule is Cc1ccc([N+](=O)[O-])cc1OCC(O)CN1CCC(C)CC1. The lowest BCUT2D eigenvalue weighted by molar-refractivity contribution is -0.385. The maximum atomic E-state index is 10.8. The van der Waals surface area contributed by atoms with Crippen molar-refractivity contribution < 1.29 is 14.8 Å². The number of nitrogens with zero attached hydrogens (tertiary/aromatic N) is 2. The molecule has 0 bridgehead atoms. The van der Waals surface area contributed by atoms with Crippen LogP contribution in [0, 0.1) is 23.0 Å². The van der Waals surface area contributed by atoms with Crippen LogP contribution in [0.25, 0.3) is 0 Å². The smallest absolute Gasteiger partial charge is 0.273 e. The number of aliphatic hydroxyl groups is 1. The number of nitro groups is 1. The molecule has 1 atom stereocenters. The molecule has 1 aromatic carbocycles. The van der Waals surface area contributed by atoms with E-state index in [2.05, 4.69) is 11.8 Å². The Labute approximate surface area is 130 Å². The Hall–Kier alpha value is -1.66. The first-order valence-electron chi connectivity index (χ1n) is 7.74. The predicted octanol–water partition coefficient (Wildman–Crippen LogP) is 2.37. The van der Waals surface area contributed by atoms with Crippen molar-refractivity contribution in [3.05, 3.63) is 33.9 Å². The van der Waals surface area contributed by atoms with Gasteiger partial charge in [-0.15, -0.1) is 0 Å². The quantitative estimate of drug-likeness (QED) is 0.645. The number of β-amino-alcohol motifs (C(OH)–C–C–N with tert-alkyl or cyclic N) is 1. The van der Waals surface area contributed by atoms with E-state index in [-0.39, 0.29) is 12.3 Å². The average molecular weight is 308 g/mol. The second-order valence-electron chi connectivity index (χ2n) is 6.15. The highest BCUT2D eigenvalue weighted by Crippen LogP contribution is 2.24. The molecule has 2 rings (SSSR count). The maximum Gasteiger partial charge on any atom is 0.273 e. The largest absolute Gasteiger partial charge is 0.490 e. The van der Waals surface area contributed by atoms with Gasteiger partial charge >= 0.3 is 0 Å². The lowest BCUT2D eigenvalue weighted by Crippen LogP contribution is -2.40. The normalized spacial score (nSPS) is 18.1. The molecule has 22 heavy (non-hydrogen) atoms. The Morgan fingerprint density at radius 2 is 2.14 bits per heavy atom. The first-order chi connectivity index (χ1) is 10.5. The molecule has 1 N–H and O–H groups in total. The molecule has 6 heteroatoms. The summed E-state index contributed by atoms with van der Waals surface area (Å²) in [7, 11) is 0. The fraction of sp³-hybridized carbons (Fsp3) is 0.625. The van der Waals surface area contributed by atoms with Crippen molar-refractivity contribution >= 4 is 5.69 Å². The van der Waals surface area contributed by atoms with Crippen LogP contribution in [0.15, 0.2) is 18.2 Å². The molecule has 0 radical (unpaired) electrons. The van der Waals surface area contributed by atoms with Gasteiger partial charge in [-0.05, 0) is 50.4 Å². The van der Waals surface area contributed by atoms with Crippen LogP contribution in [0.4, 0.5) is 5.69 Å². The van der Waals surface area contributed by atoms with E-state index < -0.39 is 11.0 Å². The minimum atomic E-state index is -0.591. The topological polar surface area (TPSA) is 75.8 Å². The van der Waals surface area contributed by atoms with Crippen molar-refractivity contribution in [3.8, 4) is 5.75 Å². The van der Waals surface area contributed by atoms with Crippen LogP contribution in [0.5, 0.6) is 5.75 Å². The van der Waals surface area contributed by atoms with Gasteiger partial charge in [0.05, 0.1) is 11.0 Å². The summed E-state index contributed by atoms with van der Waals surface area (Å²) < 4.78 is 5.57. The summed E-state index contributed by atoms with van der Waals surface area (Å²) in [6.45, 7) is 6.83. The summed E-state index contributed by atoms with van der Waals surface area (Å²) in [5, 5.41) is 20.9. The van der Waals surface area contributed by atoms with Crippen LogP contribution in [-0.2, 0) is 0 Å². The molecule has 0 aliphatic carbocycles. The van der Waals surface area contributed by atoms with Crippen LogP contribution in [0.1, 0.15) is 25.3 Å². The van der Waals surface area contributed by atoms with E-state index >= 15 is 0 Å². The van der Waals surface area contributed by atoms with Crippen molar-refractivity contribution in [2.75, 3.05) is 26.2 Å². The van der Waals surface area contributed by atoms with E-state index in [1.165, 1.54) is 12.1 Å². The van der Waals surface area contributed by atoms with Crippen LogP contribution >= 0.6 is 0 Å². The van der Waals surface area contributed by atoms with E-state index in [0.717, 1.165) is 37.4 Å². The van der Waals surface area contributed by atoms with Gasteiger partial charge in [-0.3, -0.25) is 10.1 Å². The number of aliphatic hydroxyl groups excluding tert-OH is 1. The summed E-state index contributed by atoms with van der Waals surface area (Å²) in [6, 6.07) is 4.52. The van der Waals surface area contributed by atoms with Gasteiger partial charge in [0.25, 0.3) is 5.69 Å². The summed E-state index contributed by atoms with van der Waals surface area (Å²) in [5.41, 5.74) is 0.824. The third-order valence-electron chi connectivity index (χ3n) is 4.16. The summed E-state index contributed by atoms with van der Waals surface area (Å²) in [6.07, 6.45) is 1.74. The van der Waals surface area contributed by atoms with E-state index in [0.29, 0.717) is 12.3 Å². The van der Waals surface area contributed by atoms with Crippen molar-refractivity contribution in [2.24, 2.45) is 5.92 Å². The number of nitro benzene ring substituents is 1. The van der Waals surface area contributed by atoms with Crippen LogP contribution in [0.2, 0.25) is 0 Å². The molecule has 0 spiro atoms. The summed E-state index contributed by atoms with van der Waals surface area (Å²) in [4.78, 5) is 12.6. The number of non-ortho nitro benzene ring substituents is 1. The number of likely N-dealkylation sites (tertiary alicyclic amines) is 1. The Kier molecular flexibility index (Phi) is 5.74. The van der Waals surface area contributed by atoms with Crippen molar-refractivity contribution in [2.45, 2.75) is 32.8 Å². The first kappa shape index (κ1) is 16.7. The molecule has 1 unspecified atom stereocenters. The average Bonchev–Trinajstić information content (AvgIpc) is 2.48. The highest BCUT2D eigenvalue weighted by atomic mass is 16.6. The molecule has 1 aliphatic rings. The van der Waals surface area contributed by atoms with Gasteiger partial charge < -0.3 is 14.7 Å². The minimum Gasteiger partial charge on any atom is -0.490 e. The molecule has 1 fully saturated rings. The summed E-state index contributed by atoms with van der Waals surface area (Å²) >= 11 is 0. The highest BCUT2D eigenvalue weighted by Gasteiger charge is 2.19. The number of benzene rings is 1. The lowest BCUT2D eigenvalue weighted by atomic mass is 9.99. The van der Waals surface area contributed by atoms with Gasteiger partial charge in [0.1, 0.15) is 18.5 Å². The van der Waals surface area contributed by atoms with Crippen LogP contribution in [-0.4, -0.2) is 47.3 Å². The molecule has 1 heterocycles. The van der Waals surface area contributed by atoms with Crippen molar-refractivity contribution in [3.63, 3.8) is 0 Å². The Morgan fingerprint density at radius 1 is 1.45 bits per heavy atom. The van der Waals surface area contributed by atoms with Gasteiger partial charge in [0.15, 0.2) is 0 Å². The van der Waals surface area contributed by atoms with Crippen LogP contribution < -0.4 is 4.74 Å². The molecule has 1 aliphatic heterocycles. The van der Waals surface area contributed by atoms with Crippen LogP contribution in [0.3, 0.4) is 0 Å². The summed E-state index contributed by atoms with van der Waals surface area (Å²) in [5.74, 6) is 1.22. The second-order valence-corrected chi connectivity index (χ2v) is 6.15. The van der Waals surface area contributed by atoms with Gasteiger partial charge in [-0.1, -0.05) is 6.92 Å². The van der Waals surface area contributed by atoms with E-state index in [1.807, 2.05) is 6.92 Å². The fourth-order valence-electron chi connectivity index (χ4n) is 2.64. The Balaban J connectivity index is 1.84.